The van der Waals surface area contributed by atoms with E-state index in [1.54, 1.807) is 24.0 Å². The number of aryl methyl sites for hydroxylation is 2. The van der Waals surface area contributed by atoms with Gasteiger partial charge in [-0.2, -0.15) is 0 Å². The predicted octanol–water partition coefficient (Wildman–Crippen LogP) is 4.38. The Balaban J connectivity index is 2.26. The molecule has 1 heterocycles. The average Bonchev–Trinajstić information content (AvgIpc) is 2.50. The number of nitrogens with one attached hydrogen (secondary N) is 1. The van der Waals surface area contributed by atoms with Gasteiger partial charge < -0.3 is 5.32 Å². The van der Waals surface area contributed by atoms with E-state index in [9.17, 15) is 4.79 Å². The van der Waals surface area contributed by atoms with Crippen molar-refractivity contribution in [2.75, 3.05) is 0 Å². The lowest BCUT2D eigenvalue weighted by atomic mass is 10.2. The highest BCUT2D eigenvalue weighted by Gasteiger charge is 2.15. The Hall–Kier alpha value is -1.81. The molecule has 0 saturated carbocycles. The lowest BCUT2D eigenvalue weighted by Crippen LogP contribution is -2.32. The Labute approximate surface area is 136 Å². The third kappa shape index (κ3) is 4.10. The number of hydrogen-bond acceptors (Lipinski definition) is 3. The van der Waals surface area contributed by atoms with Crippen LogP contribution in [-0.4, -0.2) is 16.9 Å². The Morgan fingerprint density at radius 2 is 2.09 bits per heavy atom. The van der Waals surface area contributed by atoms with E-state index in [0.29, 0.717) is 5.56 Å². The van der Waals surface area contributed by atoms with Crippen molar-refractivity contribution in [1.82, 2.24) is 10.3 Å². The summed E-state index contributed by atoms with van der Waals surface area (Å²) in [6.45, 7) is 8.22. The summed E-state index contributed by atoms with van der Waals surface area (Å²) >= 11 is 1.54. The SMILES string of the molecule is CCC(C)NC(=O)c1cccnc1Sc1ccc(C)cc1C. The monoisotopic (exact) mass is 314 g/mol. The van der Waals surface area contributed by atoms with Crippen LogP contribution in [0, 0.1) is 13.8 Å². The molecule has 4 heteroatoms. The van der Waals surface area contributed by atoms with Gasteiger partial charge in [-0.15, -0.1) is 0 Å². The first-order valence-electron chi connectivity index (χ1n) is 7.52. The summed E-state index contributed by atoms with van der Waals surface area (Å²) in [5.74, 6) is -0.0604. The normalized spacial score (nSPS) is 12.0. The third-order valence-electron chi connectivity index (χ3n) is 3.54. The number of carbonyl (C=O) groups excluding carboxylic acids is 1. The minimum atomic E-state index is -0.0604. The number of hydrogen-bond donors (Lipinski definition) is 1. The highest BCUT2D eigenvalue weighted by atomic mass is 32.2. The number of pyridine rings is 1. The van der Waals surface area contributed by atoms with Crippen LogP contribution in [0.1, 0.15) is 41.8 Å². The van der Waals surface area contributed by atoms with E-state index in [-0.39, 0.29) is 11.9 Å². The number of benzene rings is 1. The van der Waals surface area contributed by atoms with E-state index in [1.807, 2.05) is 13.0 Å². The lowest BCUT2D eigenvalue weighted by Gasteiger charge is -2.14. The fourth-order valence-electron chi connectivity index (χ4n) is 2.07. The number of aromatic nitrogens is 1. The van der Waals surface area contributed by atoms with Crippen molar-refractivity contribution in [2.45, 2.75) is 50.1 Å². The first-order valence-corrected chi connectivity index (χ1v) is 8.34. The van der Waals surface area contributed by atoms with Gasteiger partial charge in [-0.25, -0.2) is 4.98 Å². The van der Waals surface area contributed by atoms with Crippen molar-refractivity contribution in [2.24, 2.45) is 0 Å². The number of amides is 1. The predicted molar refractivity (Wildman–Crippen MR) is 91.5 cm³/mol. The Morgan fingerprint density at radius 1 is 1.32 bits per heavy atom. The maximum absolute atomic E-state index is 12.4. The zero-order valence-corrected chi connectivity index (χ0v) is 14.3. The summed E-state index contributed by atoms with van der Waals surface area (Å²) in [5.41, 5.74) is 3.06. The van der Waals surface area contributed by atoms with Crippen molar-refractivity contribution >= 4 is 17.7 Å². The van der Waals surface area contributed by atoms with Gasteiger partial charge >= 0.3 is 0 Å². The fraction of sp³-hybridized carbons (Fsp3) is 0.333. The maximum atomic E-state index is 12.4. The van der Waals surface area contributed by atoms with Gasteiger partial charge in [-0.3, -0.25) is 4.79 Å². The van der Waals surface area contributed by atoms with Crippen molar-refractivity contribution in [1.29, 1.82) is 0 Å². The summed E-state index contributed by atoms with van der Waals surface area (Å²) < 4.78 is 0. The molecule has 0 radical (unpaired) electrons. The molecule has 1 N–H and O–H groups in total. The van der Waals surface area contributed by atoms with Crippen LogP contribution in [0.25, 0.3) is 0 Å². The molecule has 1 aromatic heterocycles. The molecule has 1 unspecified atom stereocenters. The molecule has 22 heavy (non-hydrogen) atoms. The minimum Gasteiger partial charge on any atom is -0.350 e. The van der Waals surface area contributed by atoms with Crippen LogP contribution in [0.3, 0.4) is 0 Å². The van der Waals surface area contributed by atoms with Crippen molar-refractivity contribution in [3.8, 4) is 0 Å². The summed E-state index contributed by atoms with van der Waals surface area (Å²) in [5, 5.41) is 3.75. The molecule has 1 atom stereocenters. The molecule has 1 amide bonds. The molecule has 3 nitrogen and oxygen atoms in total. The standard InChI is InChI=1S/C18H22N2OS/c1-5-14(4)20-17(21)15-7-6-10-19-18(15)22-16-9-8-12(2)11-13(16)3/h6-11,14H,5H2,1-4H3,(H,20,21). The molecule has 0 aliphatic carbocycles. The van der Waals surface area contributed by atoms with E-state index in [2.05, 4.69) is 49.3 Å². The second kappa shape index (κ2) is 7.45. The van der Waals surface area contributed by atoms with E-state index in [1.165, 1.54) is 11.1 Å². The van der Waals surface area contributed by atoms with Gasteiger partial charge in [0.15, 0.2) is 0 Å². The zero-order chi connectivity index (χ0) is 16.1. The van der Waals surface area contributed by atoms with Crippen LogP contribution in [0.5, 0.6) is 0 Å². The summed E-state index contributed by atoms with van der Waals surface area (Å²) in [7, 11) is 0. The van der Waals surface area contributed by atoms with Gasteiger partial charge in [0, 0.05) is 17.1 Å². The topological polar surface area (TPSA) is 42.0 Å². The molecule has 0 spiro atoms. The Bertz CT molecular complexity index is 670. The molecule has 1 aromatic carbocycles. The van der Waals surface area contributed by atoms with E-state index in [4.69, 9.17) is 0 Å². The largest absolute Gasteiger partial charge is 0.350 e. The Morgan fingerprint density at radius 3 is 2.77 bits per heavy atom. The fourth-order valence-corrected chi connectivity index (χ4v) is 3.02. The van der Waals surface area contributed by atoms with Gasteiger partial charge in [0.05, 0.1) is 5.56 Å². The van der Waals surface area contributed by atoms with Crippen LogP contribution in [0.4, 0.5) is 0 Å². The molecule has 116 valence electrons. The summed E-state index contributed by atoms with van der Waals surface area (Å²) in [6, 6.07) is 10.1. The van der Waals surface area contributed by atoms with E-state index >= 15 is 0 Å². The lowest BCUT2D eigenvalue weighted by molar-refractivity contribution is 0.0935. The zero-order valence-electron chi connectivity index (χ0n) is 13.5. The minimum absolute atomic E-state index is 0.0604. The highest BCUT2D eigenvalue weighted by Crippen LogP contribution is 2.31. The van der Waals surface area contributed by atoms with E-state index < -0.39 is 0 Å². The average molecular weight is 314 g/mol. The summed E-state index contributed by atoms with van der Waals surface area (Å²) in [4.78, 5) is 17.9. The molecule has 2 rings (SSSR count). The van der Waals surface area contributed by atoms with Gasteiger partial charge in [0.2, 0.25) is 0 Å². The van der Waals surface area contributed by atoms with Gasteiger partial charge in [-0.1, -0.05) is 36.4 Å². The number of carbonyl (C=O) groups is 1. The molecule has 0 bridgehead atoms. The molecule has 0 saturated heterocycles. The molecular formula is C18H22N2OS. The first-order chi connectivity index (χ1) is 10.5. The summed E-state index contributed by atoms with van der Waals surface area (Å²) in [6.07, 6.45) is 2.64. The molecule has 2 aromatic rings. The van der Waals surface area contributed by atoms with Crippen molar-refractivity contribution in [3.63, 3.8) is 0 Å². The smallest absolute Gasteiger partial charge is 0.254 e. The quantitative estimate of drug-likeness (QED) is 0.890. The molecule has 0 aliphatic rings. The van der Waals surface area contributed by atoms with E-state index in [0.717, 1.165) is 16.3 Å². The van der Waals surface area contributed by atoms with Crippen molar-refractivity contribution in [3.05, 3.63) is 53.2 Å². The van der Waals surface area contributed by atoms with Crippen LogP contribution >= 0.6 is 11.8 Å². The number of nitrogens with zero attached hydrogens (tertiary/aromatic N) is 1. The Kier molecular flexibility index (Phi) is 5.61. The third-order valence-corrected chi connectivity index (χ3v) is 4.74. The molecular weight excluding hydrogens is 292 g/mol. The van der Waals surface area contributed by atoms with Crippen molar-refractivity contribution < 1.29 is 4.79 Å². The van der Waals surface area contributed by atoms with Gasteiger partial charge in [-0.05, 0) is 51.0 Å². The molecule has 0 fully saturated rings. The van der Waals surface area contributed by atoms with Gasteiger partial charge in [0.25, 0.3) is 5.91 Å². The first kappa shape index (κ1) is 16.6. The van der Waals surface area contributed by atoms with Crippen LogP contribution < -0.4 is 5.32 Å². The van der Waals surface area contributed by atoms with Crippen LogP contribution in [0.2, 0.25) is 0 Å². The van der Waals surface area contributed by atoms with Crippen LogP contribution in [0.15, 0.2) is 46.5 Å². The van der Waals surface area contributed by atoms with Crippen LogP contribution in [-0.2, 0) is 0 Å². The van der Waals surface area contributed by atoms with Gasteiger partial charge in [0.1, 0.15) is 5.03 Å². The highest BCUT2D eigenvalue weighted by molar-refractivity contribution is 7.99. The second-order valence-corrected chi connectivity index (χ2v) is 6.54. The second-order valence-electron chi connectivity index (χ2n) is 5.51. The molecule has 0 aliphatic heterocycles. The number of rotatable bonds is 5. The maximum Gasteiger partial charge on any atom is 0.254 e.